The van der Waals surface area contributed by atoms with Crippen molar-refractivity contribution in [1.82, 2.24) is 5.32 Å². The number of carbonyl (C=O) groups excluding carboxylic acids is 1. The molecule has 0 spiro atoms. The van der Waals surface area contributed by atoms with Crippen LogP contribution >= 0.6 is 0 Å². The van der Waals surface area contributed by atoms with Gasteiger partial charge in [0.2, 0.25) is 0 Å². The molecule has 19 heavy (non-hydrogen) atoms. The molecule has 4 heteroatoms. The number of benzene rings is 1. The number of carbonyl (C=O) groups is 1. The number of hydrogen-bond donors (Lipinski definition) is 1. The number of ether oxygens (including phenoxy) is 2. The Morgan fingerprint density at radius 1 is 1.26 bits per heavy atom. The second-order valence-corrected chi connectivity index (χ2v) is 4.52. The molecule has 0 bridgehead atoms. The van der Waals surface area contributed by atoms with E-state index in [-0.39, 0.29) is 11.9 Å². The summed E-state index contributed by atoms with van der Waals surface area (Å²) in [4.78, 5) is 12.0. The van der Waals surface area contributed by atoms with E-state index in [0.717, 1.165) is 11.3 Å². The van der Waals surface area contributed by atoms with Crippen LogP contribution in [0.5, 0.6) is 5.75 Å². The van der Waals surface area contributed by atoms with Crippen LogP contribution in [0.25, 0.3) is 0 Å². The lowest BCUT2D eigenvalue weighted by Crippen LogP contribution is -2.30. The van der Waals surface area contributed by atoms with E-state index in [2.05, 4.69) is 5.32 Å². The van der Waals surface area contributed by atoms with Crippen molar-refractivity contribution < 1.29 is 14.3 Å². The first-order valence-electron chi connectivity index (χ1n) is 6.72. The van der Waals surface area contributed by atoms with Crippen LogP contribution in [-0.2, 0) is 11.3 Å². The molecule has 0 radical (unpaired) electrons. The van der Waals surface area contributed by atoms with Gasteiger partial charge in [-0.05, 0) is 45.9 Å². The quantitative estimate of drug-likeness (QED) is 0.824. The molecule has 0 saturated carbocycles. The van der Waals surface area contributed by atoms with Crippen LogP contribution in [0.15, 0.2) is 18.2 Å². The predicted molar refractivity (Wildman–Crippen MR) is 75.5 cm³/mol. The molecule has 0 saturated heterocycles. The smallest absolute Gasteiger partial charge is 0.251 e. The zero-order valence-corrected chi connectivity index (χ0v) is 12.2. The van der Waals surface area contributed by atoms with Crippen molar-refractivity contribution in [2.45, 2.75) is 40.3 Å². The predicted octanol–water partition coefficient (Wildman–Crippen LogP) is 2.76. The summed E-state index contributed by atoms with van der Waals surface area (Å²) < 4.78 is 10.9. The molecule has 1 aromatic carbocycles. The van der Waals surface area contributed by atoms with Gasteiger partial charge in [0.15, 0.2) is 0 Å². The summed E-state index contributed by atoms with van der Waals surface area (Å²) >= 11 is 0. The molecule has 1 rings (SSSR count). The number of amides is 1. The molecule has 4 nitrogen and oxygen atoms in total. The second kappa shape index (κ2) is 7.79. The van der Waals surface area contributed by atoms with Gasteiger partial charge in [0.1, 0.15) is 5.75 Å². The van der Waals surface area contributed by atoms with E-state index >= 15 is 0 Å². The molecule has 1 amide bonds. The van der Waals surface area contributed by atoms with Crippen molar-refractivity contribution in [3.63, 3.8) is 0 Å². The van der Waals surface area contributed by atoms with Gasteiger partial charge in [-0.1, -0.05) is 0 Å². The van der Waals surface area contributed by atoms with Crippen LogP contribution in [0.1, 0.15) is 43.6 Å². The lowest BCUT2D eigenvalue weighted by atomic mass is 10.1. The van der Waals surface area contributed by atoms with Gasteiger partial charge in [0.25, 0.3) is 5.91 Å². The van der Waals surface area contributed by atoms with Gasteiger partial charge in [-0.25, -0.2) is 0 Å². The van der Waals surface area contributed by atoms with Crippen molar-refractivity contribution in [3.05, 3.63) is 29.3 Å². The van der Waals surface area contributed by atoms with Crippen LogP contribution in [-0.4, -0.2) is 25.2 Å². The molecule has 0 fully saturated rings. The summed E-state index contributed by atoms with van der Waals surface area (Å²) in [7, 11) is 0. The van der Waals surface area contributed by atoms with Crippen LogP contribution in [0.2, 0.25) is 0 Å². The average molecular weight is 265 g/mol. The van der Waals surface area contributed by atoms with Crippen molar-refractivity contribution in [2.75, 3.05) is 13.2 Å². The van der Waals surface area contributed by atoms with Crippen LogP contribution in [0, 0.1) is 0 Å². The molecule has 106 valence electrons. The summed E-state index contributed by atoms with van der Waals surface area (Å²) in [5, 5.41) is 2.87. The van der Waals surface area contributed by atoms with E-state index in [9.17, 15) is 4.79 Å². The SMILES string of the molecule is CCOCc1cc(C(=O)NC(C)C)ccc1OCC. The Morgan fingerprint density at radius 3 is 2.58 bits per heavy atom. The van der Waals surface area contributed by atoms with Crippen LogP contribution < -0.4 is 10.1 Å². The Kier molecular flexibility index (Phi) is 6.36. The zero-order valence-electron chi connectivity index (χ0n) is 12.2. The molecule has 0 aliphatic heterocycles. The molecule has 0 atom stereocenters. The minimum absolute atomic E-state index is 0.0733. The third-order valence-electron chi connectivity index (χ3n) is 2.50. The zero-order chi connectivity index (χ0) is 14.3. The molecular formula is C15H23NO3. The Labute approximate surface area is 115 Å². The largest absolute Gasteiger partial charge is 0.494 e. The third-order valence-corrected chi connectivity index (χ3v) is 2.50. The Hall–Kier alpha value is -1.55. The summed E-state index contributed by atoms with van der Waals surface area (Å²) in [6.07, 6.45) is 0. The summed E-state index contributed by atoms with van der Waals surface area (Å²) in [5.41, 5.74) is 1.53. The van der Waals surface area contributed by atoms with Crippen molar-refractivity contribution in [2.24, 2.45) is 0 Å². The lowest BCUT2D eigenvalue weighted by Gasteiger charge is -2.13. The molecule has 0 heterocycles. The molecule has 1 N–H and O–H groups in total. The monoisotopic (exact) mass is 265 g/mol. The highest BCUT2D eigenvalue weighted by Gasteiger charge is 2.11. The Morgan fingerprint density at radius 2 is 2.00 bits per heavy atom. The fourth-order valence-electron chi connectivity index (χ4n) is 1.69. The van der Waals surface area contributed by atoms with E-state index < -0.39 is 0 Å². The van der Waals surface area contributed by atoms with Crippen LogP contribution in [0.3, 0.4) is 0 Å². The second-order valence-electron chi connectivity index (χ2n) is 4.52. The van der Waals surface area contributed by atoms with Gasteiger partial charge >= 0.3 is 0 Å². The summed E-state index contributed by atoms with van der Waals surface area (Å²) in [5.74, 6) is 0.702. The van der Waals surface area contributed by atoms with Gasteiger partial charge in [0, 0.05) is 23.8 Å². The van der Waals surface area contributed by atoms with E-state index in [1.807, 2.05) is 39.8 Å². The average Bonchev–Trinajstić information content (AvgIpc) is 2.37. The maximum atomic E-state index is 12.0. The Bertz CT molecular complexity index is 416. The molecule has 0 aromatic heterocycles. The van der Waals surface area contributed by atoms with E-state index in [1.54, 1.807) is 6.07 Å². The highest BCUT2D eigenvalue weighted by atomic mass is 16.5. The van der Waals surface area contributed by atoms with Crippen molar-refractivity contribution in [3.8, 4) is 5.75 Å². The molecule has 0 aliphatic rings. The number of rotatable bonds is 7. The van der Waals surface area contributed by atoms with Crippen molar-refractivity contribution in [1.29, 1.82) is 0 Å². The number of hydrogen-bond acceptors (Lipinski definition) is 3. The maximum Gasteiger partial charge on any atom is 0.251 e. The van der Waals surface area contributed by atoms with Gasteiger partial charge in [0.05, 0.1) is 13.2 Å². The molecular weight excluding hydrogens is 242 g/mol. The first-order valence-corrected chi connectivity index (χ1v) is 6.72. The molecule has 1 aromatic rings. The Balaban J connectivity index is 2.92. The van der Waals surface area contributed by atoms with Gasteiger partial charge in [-0.3, -0.25) is 4.79 Å². The van der Waals surface area contributed by atoms with E-state index in [4.69, 9.17) is 9.47 Å². The normalized spacial score (nSPS) is 10.6. The van der Waals surface area contributed by atoms with Gasteiger partial charge in [-0.2, -0.15) is 0 Å². The number of nitrogens with one attached hydrogen (secondary N) is 1. The van der Waals surface area contributed by atoms with Gasteiger partial charge in [-0.15, -0.1) is 0 Å². The topological polar surface area (TPSA) is 47.6 Å². The van der Waals surface area contributed by atoms with Gasteiger partial charge < -0.3 is 14.8 Å². The van der Waals surface area contributed by atoms with Crippen molar-refractivity contribution >= 4 is 5.91 Å². The first-order chi connectivity index (χ1) is 9.08. The maximum absolute atomic E-state index is 12.0. The lowest BCUT2D eigenvalue weighted by molar-refractivity contribution is 0.0942. The summed E-state index contributed by atoms with van der Waals surface area (Å²) in [6, 6.07) is 5.55. The first kappa shape index (κ1) is 15.5. The summed E-state index contributed by atoms with van der Waals surface area (Å²) in [6.45, 7) is 9.43. The third kappa shape index (κ3) is 4.91. The van der Waals surface area contributed by atoms with E-state index in [1.165, 1.54) is 0 Å². The van der Waals surface area contributed by atoms with Crippen LogP contribution in [0.4, 0.5) is 0 Å². The standard InChI is InChI=1S/C15H23NO3/c1-5-18-10-13-9-12(15(17)16-11(3)4)7-8-14(13)19-6-2/h7-9,11H,5-6,10H2,1-4H3,(H,16,17). The van der Waals surface area contributed by atoms with E-state index in [0.29, 0.717) is 25.4 Å². The minimum atomic E-state index is -0.0733. The molecule has 0 aliphatic carbocycles. The fraction of sp³-hybridized carbons (Fsp3) is 0.533. The highest BCUT2D eigenvalue weighted by molar-refractivity contribution is 5.94. The fourth-order valence-corrected chi connectivity index (χ4v) is 1.69. The minimum Gasteiger partial charge on any atom is -0.494 e. The highest BCUT2D eigenvalue weighted by Crippen LogP contribution is 2.21. The molecule has 0 unspecified atom stereocenters.